The first-order valence-electron chi connectivity index (χ1n) is 10.8. The standard InChI is InChI=1S/C21H32N4O6S/c1-2-3-14-32(29,30)25-18(20(27)28)15-16-7-9-17(10-8-16)31-13-4-6-19(26)24-21-22-11-5-12-23-21/h7-10,18,25H,2-6,11-15H2,1H3,(H,27,28)(H2,22,23,24,26). The average molecular weight is 469 g/mol. The third kappa shape index (κ3) is 9.65. The lowest BCUT2D eigenvalue weighted by molar-refractivity contribution is -0.138. The van der Waals surface area contributed by atoms with Crippen LogP contribution in [-0.2, 0) is 26.0 Å². The molecule has 0 aliphatic carbocycles. The summed E-state index contributed by atoms with van der Waals surface area (Å²) in [6, 6.07) is 5.56. The van der Waals surface area contributed by atoms with Gasteiger partial charge in [-0.3, -0.25) is 19.9 Å². The van der Waals surface area contributed by atoms with Gasteiger partial charge in [0.1, 0.15) is 11.8 Å². The Kier molecular flexibility index (Phi) is 10.4. The second-order valence-electron chi connectivity index (χ2n) is 7.54. The van der Waals surface area contributed by atoms with E-state index in [4.69, 9.17) is 4.74 Å². The normalized spacial score (nSPS) is 14.7. The van der Waals surface area contributed by atoms with Crippen LogP contribution in [0.3, 0.4) is 0 Å². The SMILES string of the molecule is CCCCS(=O)(=O)NC(Cc1ccc(OCCCC(=O)NC2=NCCCN2)cc1)C(=O)O. The highest BCUT2D eigenvalue weighted by molar-refractivity contribution is 7.89. The van der Waals surface area contributed by atoms with Crippen LogP contribution < -0.4 is 20.1 Å². The molecule has 1 aliphatic heterocycles. The number of ether oxygens (including phenoxy) is 1. The quantitative estimate of drug-likeness (QED) is 0.316. The van der Waals surface area contributed by atoms with E-state index in [1.807, 2.05) is 6.92 Å². The van der Waals surface area contributed by atoms with Gasteiger partial charge in [0.05, 0.1) is 12.4 Å². The van der Waals surface area contributed by atoms with Gasteiger partial charge in [0.25, 0.3) is 0 Å². The molecule has 1 aromatic rings. The number of carbonyl (C=O) groups is 2. The second kappa shape index (κ2) is 13.0. The van der Waals surface area contributed by atoms with Gasteiger partial charge >= 0.3 is 5.97 Å². The van der Waals surface area contributed by atoms with E-state index in [-0.39, 0.29) is 18.1 Å². The number of benzene rings is 1. The van der Waals surface area contributed by atoms with Crippen LogP contribution in [0.1, 0.15) is 44.6 Å². The summed E-state index contributed by atoms with van der Waals surface area (Å²) < 4.78 is 31.9. The van der Waals surface area contributed by atoms with Gasteiger partial charge in [-0.15, -0.1) is 0 Å². The molecule has 0 bridgehead atoms. The Bertz CT molecular complexity index is 886. The zero-order valence-electron chi connectivity index (χ0n) is 18.3. The Morgan fingerprint density at radius 2 is 2.00 bits per heavy atom. The predicted octanol–water partition coefficient (Wildman–Crippen LogP) is 1.03. The van der Waals surface area contributed by atoms with Gasteiger partial charge in [-0.05, 0) is 43.4 Å². The maximum absolute atomic E-state index is 12.0. The van der Waals surface area contributed by atoms with Crippen molar-refractivity contribution in [2.24, 2.45) is 4.99 Å². The minimum Gasteiger partial charge on any atom is -0.494 e. The molecule has 1 unspecified atom stereocenters. The minimum atomic E-state index is -3.65. The molecule has 178 valence electrons. The van der Waals surface area contributed by atoms with Crippen molar-refractivity contribution in [3.05, 3.63) is 29.8 Å². The lowest BCUT2D eigenvalue weighted by Gasteiger charge is -2.15. The number of carboxylic acids is 1. The zero-order valence-corrected chi connectivity index (χ0v) is 19.1. The van der Waals surface area contributed by atoms with E-state index in [0.717, 1.165) is 13.0 Å². The Labute approximate surface area is 188 Å². The summed E-state index contributed by atoms with van der Waals surface area (Å²) in [6.45, 7) is 3.73. The van der Waals surface area contributed by atoms with E-state index in [1.165, 1.54) is 0 Å². The first-order chi connectivity index (χ1) is 15.3. The third-order valence-electron chi connectivity index (χ3n) is 4.72. The van der Waals surface area contributed by atoms with Crippen LogP contribution >= 0.6 is 0 Å². The molecular formula is C21H32N4O6S. The first kappa shape index (κ1) is 25.6. The molecule has 1 heterocycles. The van der Waals surface area contributed by atoms with Gasteiger partial charge in [0, 0.05) is 19.5 Å². The van der Waals surface area contributed by atoms with Gasteiger partial charge in [-0.25, -0.2) is 13.1 Å². The number of rotatable bonds is 13. The number of aliphatic carboxylic acids is 1. The number of hydrogen-bond donors (Lipinski definition) is 4. The van der Waals surface area contributed by atoms with Gasteiger partial charge in [0.15, 0.2) is 5.96 Å². The number of sulfonamides is 1. The molecule has 1 atom stereocenters. The smallest absolute Gasteiger partial charge is 0.322 e. The van der Waals surface area contributed by atoms with E-state index in [0.29, 0.717) is 56.1 Å². The summed E-state index contributed by atoms with van der Waals surface area (Å²) in [5.74, 6) is -0.341. The third-order valence-corrected chi connectivity index (χ3v) is 6.19. The van der Waals surface area contributed by atoms with Crippen LogP contribution in [0.4, 0.5) is 0 Å². The molecule has 0 saturated heterocycles. The first-order valence-corrected chi connectivity index (χ1v) is 12.5. The molecule has 10 nitrogen and oxygen atoms in total. The van der Waals surface area contributed by atoms with Crippen molar-refractivity contribution in [2.45, 2.75) is 51.5 Å². The van der Waals surface area contributed by atoms with Crippen LogP contribution in [0.25, 0.3) is 0 Å². The molecular weight excluding hydrogens is 436 g/mol. The van der Waals surface area contributed by atoms with Crippen LogP contribution in [-0.4, -0.2) is 62.9 Å². The number of unbranched alkanes of at least 4 members (excludes halogenated alkanes) is 1. The van der Waals surface area contributed by atoms with Crippen LogP contribution in [0, 0.1) is 0 Å². The van der Waals surface area contributed by atoms with Gasteiger partial charge in [0.2, 0.25) is 15.9 Å². The molecule has 0 radical (unpaired) electrons. The number of carbonyl (C=O) groups excluding carboxylic acids is 1. The van der Waals surface area contributed by atoms with Crippen LogP contribution in [0.2, 0.25) is 0 Å². The number of guanidine groups is 1. The van der Waals surface area contributed by atoms with Crippen molar-refractivity contribution < 1.29 is 27.9 Å². The summed E-state index contributed by atoms with van der Waals surface area (Å²) in [5, 5.41) is 15.1. The Morgan fingerprint density at radius 3 is 2.62 bits per heavy atom. The van der Waals surface area contributed by atoms with E-state index in [1.54, 1.807) is 24.3 Å². The molecule has 4 N–H and O–H groups in total. The summed E-state index contributed by atoms with van der Waals surface area (Å²) in [5.41, 5.74) is 0.670. The summed E-state index contributed by atoms with van der Waals surface area (Å²) in [4.78, 5) is 27.6. The Balaban J connectivity index is 1.76. The molecule has 0 fully saturated rings. The van der Waals surface area contributed by atoms with Crippen molar-refractivity contribution in [2.75, 3.05) is 25.4 Å². The number of nitrogens with one attached hydrogen (secondary N) is 3. The van der Waals surface area contributed by atoms with Crippen LogP contribution in [0.15, 0.2) is 29.3 Å². The van der Waals surface area contributed by atoms with Crippen LogP contribution in [0.5, 0.6) is 5.75 Å². The molecule has 0 saturated carbocycles. The molecule has 1 amide bonds. The van der Waals surface area contributed by atoms with Crippen molar-refractivity contribution in [1.82, 2.24) is 15.4 Å². The summed E-state index contributed by atoms with van der Waals surface area (Å²) >= 11 is 0. The van der Waals surface area contributed by atoms with E-state index in [9.17, 15) is 23.1 Å². The largest absolute Gasteiger partial charge is 0.494 e. The average Bonchev–Trinajstić information content (AvgIpc) is 2.76. The van der Waals surface area contributed by atoms with E-state index < -0.39 is 22.0 Å². The fraction of sp³-hybridized carbons (Fsp3) is 0.571. The van der Waals surface area contributed by atoms with Gasteiger partial charge in [-0.1, -0.05) is 25.5 Å². The Hall–Kier alpha value is -2.66. The zero-order chi connectivity index (χ0) is 23.4. The number of hydrogen-bond acceptors (Lipinski definition) is 7. The highest BCUT2D eigenvalue weighted by Crippen LogP contribution is 2.14. The fourth-order valence-electron chi connectivity index (χ4n) is 2.98. The Morgan fingerprint density at radius 1 is 1.25 bits per heavy atom. The molecule has 11 heteroatoms. The molecule has 1 aliphatic rings. The van der Waals surface area contributed by atoms with Gasteiger partial charge < -0.3 is 15.2 Å². The van der Waals surface area contributed by atoms with E-state index in [2.05, 4.69) is 20.3 Å². The number of aliphatic imine (C=N–C) groups is 1. The highest BCUT2D eigenvalue weighted by atomic mass is 32.2. The molecule has 1 aromatic carbocycles. The lowest BCUT2D eigenvalue weighted by Crippen LogP contribution is -2.43. The summed E-state index contributed by atoms with van der Waals surface area (Å²) in [7, 11) is -3.65. The maximum Gasteiger partial charge on any atom is 0.322 e. The number of carboxylic acid groups (broad SMARTS) is 1. The lowest BCUT2D eigenvalue weighted by atomic mass is 10.1. The van der Waals surface area contributed by atoms with Crippen molar-refractivity contribution in [3.8, 4) is 5.75 Å². The van der Waals surface area contributed by atoms with E-state index >= 15 is 0 Å². The predicted molar refractivity (Wildman–Crippen MR) is 121 cm³/mol. The fourth-order valence-corrected chi connectivity index (χ4v) is 4.38. The molecule has 0 spiro atoms. The topological polar surface area (TPSA) is 146 Å². The monoisotopic (exact) mass is 468 g/mol. The van der Waals surface area contributed by atoms with Crippen molar-refractivity contribution in [1.29, 1.82) is 0 Å². The molecule has 0 aromatic heterocycles. The number of amides is 1. The highest BCUT2D eigenvalue weighted by Gasteiger charge is 2.24. The molecule has 2 rings (SSSR count). The van der Waals surface area contributed by atoms with Crippen molar-refractivity contribution in [3.63, 3.8) is 0 Å². The van der Waals surface area contributed by atoms with Gasteiger partial charge in [-0.2, -0.15) is 0 Å². The second-order valence-corrected chi connectivity index (χ2v) is 9.41. The minimum absolute atomic E-state index is 0.0268. The summed E-state index contributed by atoms with van der Waals surface area (Å²) in [6.07, 6.45) is 2.99. The maximum atomic E-state index is 12.0. The van der Waals surface area contributed by atoms with Crippen molar-refractivity contribution >= 4 is 27.9 Å². The molecule has 32 heavy (non-hydrogen) atoms. The number of nitrogens with zero attached hydrogens (tertiary/aromatic N) is 1.